The lowest BCUT2D eigenvalue weighted by Crippen LogP contribution is -2.40. The average Bonchev–Trinajstić information content (AvgIpc) is 3.29. The third-order valence-corrected chi connectivity index (χ3v) is 6.30. The number of piperidine rings is 1. The fourth-order valence-corrected chi connectivity index (χ4v) is 4.38. The Morgan fingerprint density at radius 3 is 2.69 bits per heavy atom. The molecule has 1 saturated heterocycles. The molecule has 2 atom stereocenters. The zero-order valence-corrected chi connectivity index (χ0v) is 18.8. The van der Waals surface area contributed by atoms with Crippen LogP contribution in [-0.2, 0) is 17.8 Å². The highest BCUT2D eigenvalue weighted by molar-refractivity contribution is 5.76. The van der Waals surface area contributed by atoms with Crippen molar-refractivity contribution >= 4 is 5.91 Å². The van der Waals surface area contributed by atoms with Gasteiger partial charge in [-0.1, -0.05) is 35.5 Å². The smallest absolute Gasteiger partial charge is 0.222 e. The Morgan fingerprint density at radius 1 is 1.16 bits per heavy atom. The fourth-order valence-electron chi connectivity index (χ4n) is 4.38. The molecular weight excluding hydrogens is 402 g/mol. The Labute approximate surface area is 189 Å². The molecule has 0 saturated carbocycles. The number of hydrogen-bond acceptors (Lipinski definition) is 5. The van der Waals surface area contributed by atoms with Crippen molar-refractivity contribution in [1.29, 1.82) is 0 Å². The standard InChI is InChI=1S/C26H31N3O3/c1-29(18-19-6-4-3-5-7-19)26(30)15-21-12-13-27-17-22(21)14-23-16-25(32-28-23)20-8-10-24(31-2)11-9-20/h3-11,16,21-22,27H,12-15,17-18H2,1-2H3/t21-,22-/m0/s1. The van der Waals surface area contributed by atoms with Gasteiger partial charge in [0.25, 0.3) is 0 Å². The lowest BCUT2D eigenvalue weighted by atomic mass is 9.81. The fraction of sp³-hybridized carbons (Fsp3) is 0.385. The highest BCUT2D eigenvalue weighted by atomic mass is 16.5. The first kappa shape index (κ1) is 22.1. The summed E-state index contributed by atoms with van der Waals surface area (Å²) in [6, 6.07) is 19.9. The molecule has 1 fully saturated rings. The van der Waals surface area contributed by atoms with Gasteiger partial charge in [0.1, 0.15) is 5.75 Å². The molecule has 0 unspecified atom stereocenters. The normalized spacial score (nSPS) is 18.3. The third-order valence-electron chi connectivity index (χ3n) is 6.30. The van der Waals surface area contributed by atoms with Gasteiger partial charge in [0.2, 0.25) is 5.91 Å². The summed E-state index contributed by atoms with van der Waals surface area (Å²) in [5.74, 6) is 2.45. The van der Waals surface area contributed by atoms with E-state index in [4.69, 9.17) is 9.26 Å². The molecule has 6 nitrogen and oxygen atoms in total. The van der Waals surface area contributed by atoms with Crippen LogP contribution in [0.15, 0.2) is 65.2 Å². The van der Waals surface area contributed by atoms with E-state index < -0.39 is 0 Å². The molecule has 1 aromatic heterocycles. The van der Waals surface area contributed by atoms with E-state index in [0.29, 0.717) is 24.8 Å². The van der Waals surface area contributed by atoms with Crippen molar-refractivity contribution in [2.75, 3.05) is 27.2 Å². The minimum Gasteiger partial charge on any atom is -0.497 e. The van der Waals surface area contributed by atoms with Crippen molar-refractivity contribution in [3.8, 4) is 17.1 Å². The highest BCUT2D eigenvalue weighted by Gasteiger charge is 2.29. The summed E-state index contributed by atoms with van der Waals surface area (Å²) in [5.41, 5.74) is 3.05. The van der Waals surface area contributed by atoms with Crippen molar-refractivity contribution in [1.82, 2.24) is 15.4 Å². The number of ether oxygens (including phenoxy) is 1. The number of carbonyl (C=O) groups is 1. The van der Waals surface area contributed by atoms with Gasteiger partial charge < -0.3 is 19.5 Å². The monoisotopic (exact) mass is 433 g/mol. The zero-order valence-electron chi connectivity index (χ0n) is 18.8. The van der Waals surface area contributed by atoms with Gasteiger partial charge >= 0.3 is 0 Å². The second-order valence-electron chi connectivity index (χ2n) is 8.57. The predicted molar refractivity (Wildman–Crippen MR) is 124 cm³/mol. The van der Waals surface area contributed by atoms with Crippen LogP contribution in [0.5, 0.6) is 5.75 Å². The van der Waals surface area contributed by atoms with E-state index in [0.717, 1.165) is 54.3 Å². The van der Waals surface area contributed by atoms with E-state index in [1.807, 2.05) is 60.5 Å². The van der Waals surface area contributed by atoms with Crippen molar-refractivity contribution in [3.05, 3.63) is 71.9 Å². The van der Waals surface area contributed by atoms with Crippen LogP contribution in [0.3, 0.4) is 0 Å². The van der Waals surface area contributed by atoms with Crippen LogP contribution in [0.4, 0.5) is 0 Å². The van der Waals surface area contributed by atoms with E-state index in [2.05, 4.69) is 22.6 Å². The van der Waals surface area contributed by atoms with Crippen LogP contribution in [0.2, 0.25) is 0 Å². The molecule has 0 bridgehead atoms. The van der Waals surface area contributed by atoms with Crippen LogP contribution >= 0.6 is 0 Å². The van der Waals surface area contributed by atoms with Crippen molar-refractivity contribution in [2.24, 2.45) is 11.8 Å². The van der Waals surface area contributed by atoms with Crippen molar-refractivity contribution < 1.29 is 14.1 Å². The highest BCUT2D eigenvalue weighted by Crippen LogP contribution is 2.29. The van der Waals surface area contributed by atoms with Gasteiger partial charge in [-0.05, 0) is 67.6 Å². The second-order valence-corrected chi connectivity index (χ2v) is 8.57. The molecule has 2 aromatic carbocycles. The molecule has 1 N–H and O–H groups in total. The van der Waals surface area contributed by atoms with E-state index in [9.17, 15) is 4.79 Å². The number of carbonyl (C=O) groups excluding carboxylic acids is 1. The topological polar surface area (TPSA) is 67.6 Å². The number of aromatic nitrogens is 1. The minimum atomic E-state index is 0.199. The number of hydrogen-bond donors (Lipinski definition) is 1. The maximum Gasteiger partial charge on any atom is 0.222 e. The van der Waals surface area contributed by atoms with E-state index >= 15 is 0 Å². The Balaban J connectivity index is 1.37. The number of rotatable bonds is 8. The Hall–Kier alpha value is -3.12. The van der Waals surface area contributed by atoms with E-state index in [1.54, 1.807) is 7.11 Å². The molecule has 168 valence electrons. The Morgan fingerprint density at radius 2 is 1.94 bits per heavy atom. The first-order chi connectivity index (χ1) is 15.6. The molecule has 6 heteroatoms. The Kier molecular flexibility index (Phi) is 7.22. The van der Waals surface area contributed by atoms with Crippen LogP contribution in [0, 0.1) is 11.8 Å². The van der Waals surface area contributed by atoms with E-state index in [1.165, 1.54) is 0 Å². The molecule has 0 aliphatic carbocycles. The van der Waals surface area contributed by atoms with Crippen LogP contribution in [0.25, 0.3) is 11.3 Å². The molecule has 1 aliphatic heterocycles. The molecule has 3 aromatic rings. The third kappa shape index (κ3) is 5.56. The summed E-state index contributed by atoms with van der Waals surface area (Å²) in [4.78, 5) is 14.8. The Bertz CT molecular complexity index is 1000. The number of nitrogens with one attached hydrogen (secondary N) is 1. The molecule has 4 rings (SSSR count). The van der Waals surface area contributed by atoms with Gasteiger partial charge in [0, 0.05) is 31.6 Å². The number of amides is 1. The van der Waals surface area contributed by atoms with Gasteiger partial charge in [0.05, 0.1) is 12.8 Å². The first-order valence-electron chi connectivity index (χ1n) is 11.2. The minimum absolute atomic E-state index is 0.199. The SMILES string of the molecule is COc1ccc(-c2cc(C[C@H]3CNCC[C@H]3CC(=O)N(C)Cc3ccccc3)no2)cc1. The summed E-state index contributed by atoms with van der Waals surface area (Å²) >= 11 is 0. The van der Waals surface area contributed by atoms with Crippen LogP contribution < -0.4 is 10.1 Å². The number of nitrogens with zero attached hydrogens (tertiary/aromatic N) is 2. The lowest BCUT2D eigenvalue weighted by molar-refractivity contribution is -0.132. The van der Waals surface area contributed by atoms with Crippen LogP contribution in [-0.4, -0.2) is 43.2 Å². The molecule has 2 heterocycles. The molecule has 1 aliphatic rings. The molecule has 0 radical (unpaired) electrons. The largest absolute Gasteiger partial charge is 0.497 e. The van der Waals surface area contributed by atoms with E-state index in [-0.39, 0.29) is 5.91 Å². The number of methoxy groups -OCH3 is 1. The van der Waals surface area contributed by atoms with Crippen LogP contribution in [0.1, 0.15) is 24.1 Å². The summed E-state index contributed by atoms with van der Waals surface area (Å²) in [6.45, 7) is 2.49. The van der Waals surface area contributed by atoms with Gasteiger partial charge in [-0.2, -0.15) is 0 Å². The molecular formula is C26H31N3O3. The zero-order chi connectivity index (χ0) is 22.3. The maximum absolute atomic E-state index is 12.9. The van der Waals surface area contributed by atoms with Gasteiger partial charge in [0.15, 0.2) is 5.76 Å². The summed E-state index contributed by atoms with van der Waals surface area (Å²) in [7, 11) is 3.55. The van der Waals surface area contributed by atoms with Gasteiger partial charge in [-0.15, -0.1) is 0 Å². The number of benzene rings is 2. The summed E-state index contributed by atoms with van der Waals surface area (Å²) in [6.07, 6.45) is 2.37. The van der Waals surface area contributed by atoms with Crippen molar-refractivity contribution in [2.45, 2.75) is 25.8 Å². The second kappa shape index (κ2) is 10.5. The first-order valence-corrected chi connectivity index (χ1v) is 11.2. The lowest BCUT2D eigenvalue weighted by Gasteiger charge is -2.32. The quantitative estimate of drug-likeness (QED) is 0.578. The van der Waals surface area contributed by atoms with Crippen molar-refractivity contribution in [3.63, 3.8) is 0 Å². The van der Waals surface area contributed by atoms with Gasteiger partial charge in [-0.25, -0.2) is 0 Å². The maximum atomic E-state index is 12.9. The average molecular weight is 434 g/mol. The summed E-state index contributed by atoms with van der Waals surface area (Å²) in [5, 5.41) is 7.79. The molecule has 0 spiro atoms. The predicted octanol–water partition coefficient (Wildman–Crippen LogP) is 4.17. The molecule has 1 amide bonds. The van der Waals surface area contributed by atoms with Gasteiger partial charge in [-0.3, -0.25) is 4.79 Å². The summed E-state index contributed by atoms with van der Waals surface area (Å²) < 4.78 is 10.8. The molecule has 32 heavy (non-hydrogen) atoms.